The van der Waals surface area contributed by atoms with Crippen LogP contribution in [0, 0.1) is 0 Å². The summed E-state index contributed by atoms with van der Waals surface area (Å²) >= 11 is 1.99. The maximum Gasteiger partial charge on any atom is 0.224 e. The summed E-state index contributed by atoms with van der Waals surface area (Å²) in [7, 11) is 0. The summed E-state index contributed by atoms with van der Waals surface area (Å²) in [5.41, 5.74) is 0. The molecule has 1 fully saturated rings. The zero-order valence-electron chi connectivity index (χ0n) is 11.2. The van der Waals surface area contributed by atoms with E-state index in [0.29, 0.717) is 10.7 Å². The Morgan fingerprint density at radius 1 is 1.33 bits per heavy atom. The third-order valence-corrected chi connectivity index (χ3v) is 4.95. The van der Waals surface area contributed by atoms with Crippen molar-refractivity contribution in [3.05, 3.63) is 12.3 Å². The van der Waals surface area contributed by atoms with Crippen LogP contribution in [0.5, 0.6) is 0 Å². The lowest BCUT2D eigenvalue weighted by Gasteiger charge is -2.27. The minimum atomic E-state index is 0.406. The molecular formula is C13H22N4S. The normalized spacial score (nSPS) is 17.7. The largest absolute Gasteiger partial charge is 0.369 e. The molecule has 18 heavy (non-hydrogen) atoms. The number of nitrogens with zero attached hydrogens (tertiary/aromatic N) is 2. The zero-order chi connectivity index (χ0) is 12.8. The van der Waals surface area contributed by atoms with Crippen molar-refractivity contribution in [1.82, 2.24) is 9.97 Å². The number of anilines is 2. The molecule has 2 rings (SSSR count). The van der Waals surface area contributed by atoms with Gasteiger partial charge in [-0.25, -0.2) is 4.98 Å². The minimum absolute atomic E-state index is 0.406. The molecule has 0 amide bonds. The van der Waals surface area contributed by atoms with Gasteiger partial charge in [0.15, 0.2) is 0 Å². The van der Waals surface area contributed by atoms with Gasteiger partial charge in [0.05, 0.1) is 0 Å². The maximum absolute atomic E-state index is 4.45. The molecule has 0 aromatic carbocycles. The first-order chi connectivity index (χ1) is 8.78. The zero-order valence-corrected chi connectivity index (χ0v) is 12.0. The van der Waals surface area contributed by atoms with Crippen LogP contribution in [0.2, 0.25) is 0 Å². The molecule has 0 aliphatic heterocycles. The van der Waals surface area contributed by atoms with Gasteiger partial charge in [0.1, 0.15) is 5.82 Å². The standard InChI is InChI=1S/C13H22N4S/c1-3-14-12-15-9-6-11(17-12)16-10-13(18-2)7-4-5-8-13/h6,9H,3-5,7-8,10H2,1-2H3,(H2,14,15,16,17). The first kappa shape index (κ1) is 13.5. The highest BCUT2D eigenvalue weighted by atomic mass is 32.2. The quantitative estimate of drug-likeness (QED) is 0.829. The summed E-state index contributed by atoms with van der Waals surface area (Å²) in [6.07, 6.45) is 9.35. The second-order valence-corrected chi connectivity index (χ2v) is 6.02. The Bertz CT molecular complexity index is 377. The monoisotopic (exact) mass is 266 g/mol. The van der Waals surface area contributed by atoms with E-state index in [-0.39, 0.29) is 0 Å². The van der Waals surface area contributed by atoms with Crippen LogP contribution in [0.15, 0.2) is 12.3 Å². The highest BCUT2D eigenvalue weighted by molar-refractivity contribution is 8.00. The maximum atomic E-state index is 4.45. The third-order valence-electron chi connectivity index (χ3n) is 3.53. The predicted molar refractivity (Wildman–Crippen MR) is 79.4 cm³/mol. The first-order valence-electron chi connectivity index (χ1n) is 6.64. The molecule has 0 unspecified atom stereocenters. The van der Waals surface area contributed by atoms with Crippen molar-refractivity contribution in [3.63, 3.8) is 0 Å². The van der Waals surface area contributed by atoms with Gasteiger partial charge < -0.3 is 10.6 Å². The van der Waals surface area contributed by atoms with Crippen LogP contribution in [0.4, 0.5) is 11.8 Å². The number of nitrogens with one attached hydrogen (secondary N) is 2. The minimum Gasteiger partial charge on any atom is -0.369 e. The fraction of sp³-hybridized carbons (Fsp3) is 0.692. The fourth-order valence-electron chi connectivity index (χ4n) is 2.42. The van der Waals surface area contributed by atoms with Crippen LogP contribution in [-0.4, -0.2) is 34.1 Å². The van der Waals surface area contributed by atoms with Crippen molar-refractivity contribution in [1.29, 1.82) is 0 Å². The van der Waals surface area contributed by atoms with Crippen molar-refractivity contribution in [2.45, 2.75) is 37.4 Å². The van der Waals surface area contributed by atoms with Crippen LogP contribution in [-0.2, 0) is 0 Å². The lowest BCUT2D eigenvalue weighted by atomic mass is 10.1. The van der Waals surface area contributed by atoms with Crippen LogP contribution >= 0.6 is 11.8 Å². The molecule has 1 aliphatic rings. The van der Waals surface area contributed by atoms with Crippen LogP contribution < -0.4 is 10.6 Å². The van der Waals surface area contributed by atoms with E-state index in [2.05, 4.69) is 26.9 Å². The summed E-state index contributed by atoms with van der Waals surface area (Å²) in [6, 6.07) is 1.93. The highest BCUT2D eigenvalue weighted by Gasteiger charge is 2.32. The van der Waals surface area contributed by atoms with E-state index in [1.807, 2.05) is 24.8 Å². The molecule has 1 saturated carbocycles. The fourth-order valence-corrected chi connectivity index (χ4v) is 3.34. The molecule has 1 heterocycles. The number of rotatable bonds is 6. The average molecular weight is 266 g/mol. The second-order valence-electron chi connectivity index (χ2n) is 4.74. The number of hydrogen-bond donors (Lipinski definition) is 2. The van der Waals surface area contributed by atoms with Gasteiger partial charge in [-0.3, -0.25) is 0 Å². The highest BCUT2D eigenvalue weighted by Crippen LogP contribution is 2.40. The van der Waals surface area contributed by atoms with Gasteiger partial charge in [0.2, 0.25) is 5.95 Å². The molecule has 4 nitrogen and oxygen atoms in total. The second kappa shape index (κ2) is 6.27. The Balaban J connectivity index is 1.94. The summed E-state index contributed by atoms with van der Waals surface area (Å²) in [4.78, 5) is 8.63. The average Bonchev–Trinajstić information content (AvgIpc) is 2.87. The van der Waals surface area contributed by atoms with Gasteiger partial charge in [0, 0.05) is 24.0 Å². The molecule has 0 radical (unpaired) electrons. The first-order valence-corrected chi connectivity index (χ1v) is 7.86. The SMILES string of the molecule is CCNc1nccc(NCC2(SC)CCCC2)n1. The van der Waals surface area contributed by atoms with Crippen molar-refractivity contribution in [3.8, 4) is 0 Å². The van der Waals surface area contributed by atoms with E-state index < -0.39 is 0 Å². The molecule has 1 aromatic heterocycles. The molecule has 2 N–H and O–H groups in total. The van der Waals surface area contributed by atoms with Crippen LogP contribution in [0.3, 0.4) is 0 Å². The topological polar surface area (TPSA) is 49.8 Å². The summed E-state index contributed by atoms with van der Waals surface area (Å²) < 4.78 is 0.406. The Kier molecular flexibility index (Phi) is 4.69. The number of thioether (sulfide) groups is 1. The Hall–Kier alpha value is -0.970. The lowest BCUT2D eigenvalue weighted by Crippen LogP contribution is -2.30. The van der Waals surface area contributed by atoms with Crippen molar-refractivity contribution in [2.24, 2.45) is 0 Å². The van der Waals surface area contributed by atoms with Crippen LogP contribution in [0.1, 0.15) is 32.6 Å². The van der Waals surface area contributed by atoms with Gasteiger partial charge in [-0.1, -0.05) is 12.8 Å². The van der Waals surface area contributed by atoms with E-state index in [0.717, 1.165) is 18.9 Å². The van der Waals surface area contributed by atoms with Gasteiger partial charge in [0.25, 0.3) is 0 Å². The van der Waals surface area contributed by atoms with Crippen molar-refractivity contribution >= 4 is 23.5 Å². The Morgan fingerprint density at radius 3 is 2.78 bits per heavy atom. The molecule has 0 atom stereocenters. The molecule has 0 saturated heterocycles. The Morgan fingerprint density at radius 2 is 2.11 bits per heavy atom. The smallest absolute Gasteiger partial charge is 0.224 e. The number of hydrogen-bond acceptors (Lipinski definition) is 5. The molecule has 1 aromatic rings. The van der Waals surface area contributed by atoms with Gasteiger partial charge in [-0.2, -0.15) is 16.7 Å². The summed E-state index contributed by atoms with van der Waals surface area (Å²) in [5.74, 6) is 1.62. The van der Waals surface area contributed by atoms with Gasteiger partial charge in [-0.05, 0) is 32.1 Å². The third kappa shape index (κ3) is 3.28. The van der Waals surface area contributed by atoms with Crippen molar-refractivity contribution < 1.29 is 0 Å². The molecule has 5 heteroatoms. The number of aromatic nitrogens is 2. The molecular weight excluding hydrogens is 244 g/mol. The lowest BCUT2D eigenvalue weighted by molar-refractivity contribution is 0.638. The van der Waals surface area contributed by atoms with Gasteiger partial charge in [-0.15, -0.1) is 0 Å². The molecule has 100 valence electrons. The summed E-state index contributed by atoms with van der Waals surface area (Å²) in [5, 5.41) is 6.60. The van der Waals surface area contributed by atoms with Crippen LogP contribution in [0.25, 0.3) is 0 Å². The van der Waals surface area contributed by atoms with E-state index >= 15 is 0 Å². The summed E-state index contributed by atoms with van der Waals surface area (Å²) in [6.45, 7) is 3.89. The van der Waals surface area contributed by atoms with E-state index in [9.17, 15) is 0 Å². The van der Waals surface area contributed by atoms with Crippen molar-refractivity contribution in [2.75, 3.05) is 30.0 Å². The molecule has 0 bridgehead atoms. The molecule has 1 aliphatic carbocycles. The van der Waals surface area contributed by atoms with E-state index in [1.165, 1.54) is 25.7 Å². The van der Waals surface area contributed by atoms with E-state index in [4.69, 9.17) is 0 Å². The van der Waals surface area contributed by atoms with Gasteiger partial charge >= 0.3 is 0 Å². The van der Waals surface area contributed by atoms with E-state index in [1.54, 1.807) is 6.20 Å². The predicted octanol–water partition coefficient (Wildman–Crippen LogP) is 3.00. The molecule has 0 spiro atoms. The Labute approximate surface area is 113 Å².